The smallest absolute Gasteiger partial charge is 0.658 e. The van der Waals surface area contributed by atoms with Crippen LogP contribution in [0.1, 0.15) is 56.6 Å². The van der Waals surface area contributed by atoms with E-state index in [0.717, 1.165) is 182 Å². The standard InChI is InChI=1S/C58H58N10.C3H6.CH3.Co/c1-63-51-35-47-45-23-7-16-40(18-10-28-66-32-14-34-68-30-12-26-60-58(66)68)56(45)50(61-47)38-54-44-22-6-4-20-42(44)52(64(54)2)36-48-46-24-8-15-39(17-9-27-65-31-13-33-67-29-11-25-59-57(65)67)55(46)49(62-48)37-53(63)43-21-5-3-19-41(43)51;1-3-2;;/h3-8,15-16,19-24,35-38H,1-2,9-14,17-18,25-34H2;3H,1H2,2H3;1H3;/q-2;;-1;+3. The Hall–Kier alpha value is -6.95. The van der Waals surface area contributed by atoms with Gasteiger partial charge in [0.05, 0.1) is 0 Å². The van der Waals surface area contributed by atoms with Crippen molar-refractivity contribution in [2.75, 3.05) is 65.4 Å². The van der Waals surface area contributed by atoms with Gasteiger partial charge in [0.1, 0.15) is 22.8 Å². The van der Waals surface area contributed by atoms with Gasteiger partial charge in [-0.2, -0.15) is 0 Å². The molecule has 374 valence electrons. The van der Waals surface area contributed by atoms with Crippen molar-refractivity contribution in [3.8, 4) is 45.0 Å². The molecule has 0 unspecified atom stereocenters. The van der Waals surface area contributed by atoms with Crippen LogP contribution in [0.25, 0.3) is 88.6 Å². The molecule has 4 aromatic carbocycles. The normalized spacial score (nSPS) is 15.7. The average molecular weight is 1010 g/mol. The van der Waals surface area contributed by atoms with Gasteiger partial charge in [0.15, 0.2) is 11.9 Å². The van der Waals surface area contributed by atoms with Crippen molar-refractivity contribution in [2.45, 2.75) is 58.3 Å². The Balaban J connectivity index is 0.00000119. The second-order valence-corrected chi connectivity index (χ2v) is 19.9. The number of guanidine groups is 2. The van der Waals surface area contributed by atoms with Gasteiger partial charge in [-0.25, -0.2) is 0 Å². The monoisotopic (exact) mass is 1010 g/mol. The number of aliphatic imine (C=N–C) groups is 2. The molecule has 0 spiro atoms. The first-order chi connectivity index (χ1) is 35.0. The van der Waals surface area contributed by atoms with Gasteiger partial charge >= 0.3 is 16.8 Å². The van der Waals surface area contributed by atoms with Crippen molar-refractivity contribution >= 4 is 55.5 Å². The Kier molecular flexibility index (Phi) is 14.4. The summed E-state index contributed by atoms with van der Waals surface area (Å²) in [6.07, 6.45) is 10.4. The van der Waals surface area contributed by atoms with E-state index in [2.05, 4.69) is 145 Å². The third-order valence-corrected chi connectivity index (χ3v) is 15.3. The number of hydrogen-bond donors (Lipinski definition) is 0. The molecule has 0 N–H and O–H groups in total. The Bertz CT molecular complexity index is 3230. The molecule has 11 heteroatoms. The van der Waals surface area contributed by atoms with Crippen molar-refractivity contribution in [2.24, 2.45) is 9.98 Å². The molecule has 8 bridgehead atoms. The number of aryl methyl sites for hydroxylation is 2. The van der Waals surface area contributed by atoms with Crippen LogP contribution >= 0.6 is 0 Å². The van der Waals surface area contributed by atoms with Gasteiger partial charge in [0.2, 0.25) is 0 Å². The van der Waals surface area contributed by atoms with E-state index >= 15 is 0 Å². The number of benzene rings is 4. The maximum atomic E-state index is 5.57. The van der Waals surface area contributed by atoms with Crippen molar-refractivity contribution in [1.82, 2.24) is 29.6 Å². The molecule has 6 aliphatic heterocycles. The van der Waals surface area contributed by atoms with Gasteiger partial charge in [-0.05, 0) is 113 Å². The number of rotatable bonds is 8. The Morgan fingerprint density at radius 2 is 0.904 bits per heavy atom. The van der Waals surface area contributed by atoms with Gasteiger partial charge in [-0.3, -0.25) is 9.98 Å². The molecule has 0 aliphatic carbocycles. The van der Waals surface area contributed by atoms with Crippen molar-refractivity contribution in [3.63, 3.8) is 0 Å². The SMILES string of the molecule is C=CC.[CH2-][n+]1c2cc3[n-]c(cc4[n+]([CH2-])c(cc5[n-]c(cc1-c1ccccc1-2)c1c(CCCN2CCCN6CCCN=C62)cccc51)-c1ccccc1-4)c1c(CCCN2CCCN4CCCN=C42)cccc31.[CH3-].[Co+3]. The van der Waals surface area contributed by atoms with E-state index in [1.165, 1.54) is 46.7 Å². The van der Waals surface area contributed by atoms with Crippen molar-refractivity contribution in [3.05, 3.63) is 154 Å². The third-order valence-electron chi connectivity index (χ3n) is 15.3. The molecular formula is C62H67CoN10. The molecular weight excluding hydrogens is 944 g/mol. The number of hydrogen-bond acceptors (Lipinski definition) is 6. The zero-order valence-electron chi connectivity index (χ0n) is 42.6. The van der Waals surface area contributed by atoms with Crippen LogP contribution in [-0.2, 0) is 29.6 Å². The van der Waals surface area contributed by atoms with E-state index in [0.29, 0.717) is 0 Å². The van der Waals surface area contributed by atoms with Gasteiger partial charge in [-0.1, -0.05) is 115 Å². The number of aromatic nitrogens is 4. The summed E-state index contributed by atoms with van der Waals surface area (Å²) in [5.74, 6) is 2.41. The zero-order valence-corrected chi connectivity index (χ0v) is 43.7. The summed E-state index contributed by atoms with van der Waals surface area (Å²) >= 11 is 0. The second-order valence-electron chi connectivity index (χ2n) is 19.9. The van der Waals surface area contributed by atoms with Crippen LogP contribution < -0.4 is 19.1 Å². The molecule has 6 aliphatic rings. The summed E-state index contributed by atoms with van der Waals surface area (Å²) in [7, 11) is 9.54. The van der Waals surface area contributed by atoms with Crippen molar-refractivity contribution < 1.29 is 25.9 Å². The first kappa shape index (κ1) is 49.6. The molecule has 0 amide bonds. The fourth-order valence-corrected chi connectivity index (χ4v) is 12.2. The molecule has 3 aromatic heterocycles. The van der Waals surface area contributed by atoms with Crippen LogP contribution in [0.3, 0.4) is 0 Å². The number of allylic oxidation sites excluding steroid dienone is 1. The van der Waals surface area contributed by atoms with E-state index in [1.54, 1.807) is 6.08 Å². The zero-order chi connectivity index (χ0) is 48.0. The third kappa shape index (κ3) is 9.05. The van der Waals surface area contributed by atoms with E-state index in [-0.39, 0.29) is 24.2 Å². The van der Waals surface area contributed by atoms with Gasteiger partial charge < -0.3 is 46.1 Å². The van der Waals surface area contributed by atoms with E-state index in [9.17, 15) is 0 Å². The molecule has 0 radical (unpaired) electrons. The minimum Gasteiger partial charge on any atom is -0.658 e. The molecule has 73 heavy (non-hydrogen) atoms. The van der Waals surface area contributed by atoms with Crippen LogP contribution in [0.5, 0.6) is 0 Å². The van der Waals surface area contributed by atoms with Gasteiger partial charge in [-0.15, -0.1) is 28.6 Å². The topological polar surface area (TPSA) is 73.6 Å². The molecule has 10 nitrogen and oxygen atoms in total. The minimum atomic E-state index is 0. The molecule has 2 fully saturated rings. The largest absolute Gasteiger partial charge is 3.00 e. The Labute approximate surface area is 442 Å². The molecule has 0 atom stereocenters. The van der Waals surface area contributed by atoms with Crippen LogP contribution in [0.2, 0.25) is 0 Å². The molecule has 9 heterocycles. The second kappa shape index (κ2) is 21.3. The maximum absolute atomic E-state index is 5.57. The fourth-order valence-electron chi connectivity index (χ4n) is 12.2. The summed E-state index contributed by atoms with van der Waals surface area (Å²) in [6, 6.07) is 40.1. The summed E-state index contributed by atoms with van der Waals surface area (Å²) in [5.41, 5.74) is 15.1. The first-order valence-electron chi connectivity index (χ1n) is 26.1. The number of nitrogens with zero attached hydrogens (tertiary/aromatic N) is 10. The molecule has 13 rings (SSSR count). The summed E-state index contributed by atoms with van der Waals surface area (Å²) in [6.45, 7) is 15.7. The minimum absolute atomic E-state index is 0. The molecule has 7 aromatic rings. The Morgan fingerprint density at radius 1 is 0.534 bits per heavy atom. The van der Waals surface area contributed by atoms with Crippen LogP contribution in [0.15, 0.2) is 132 Å². The van der Waals surface area contributed by atoms with Crippen molar-refractivity contribution in [1.29, 1.82) is 0 Å². The average Bonchev–Trinajstić information content (AvgIpc) is 4.10. The quantitative estimate of drug-likeness (QED) is 0.0858. The molecule has 2 saturated heterocycles. The first-order valence-corrected chi connectivity index (χ1v) is 26.1. The predicted molar refractivity (Wildman–Crippen MR) is 297 cm³/mol. The number of fused-ring (bicyclic) bond motifs is 22. The molecule has 0 saturated carbocycles. The van der Waals surface area contributed by atoms with Gasteiger partial charge in [0.25, 0.3) is 0 Å². The maximum Gasteiger partial charge on any atom is 3.00 e. The summed E-state index contributed by atoms with van der Waals surface area (Å²) in [4.78, 5) is 31.1. The van der Waals surface area contributed by atoms with E-state index in [1.807, 2.05) is 6.92 Å². The summed E-state index contributed by atoms with van der Waals surface area (Å²) < 4.78 is 4.22. The predicted octanol–water partition coefficient (Wildman–Crippen LogP) is 10.7. The van der Waals surface area contributed by atoms with Crippen LogP contribution in [-0.4, -0.2) is 97.0 Å². The Morgan fingerprint density at radius 3 is 1.30 bits per heavy atom. The van der Waals surface area contributed by atoms with Crippen LogP contribution in [0, 0.1) is 21.5 Å². The van der Waals surface area contributed by atoms with E-state index < -0.39 is 0 Å². The van der Waals surface area contributed by atoms with Crippen LogP contribution in [0.4, 0.5) is 0 Å². The fraction of sp³-hybridized carbons (Fsp3) is 0.306. The van der Waals surface area contributed by atoms with E-state index in [4.69, 9.17) is 34.0 Å². The van der Waals surface area contributed by atoms with Gasteiger partial charge in [0, 0.05) is 79.5 Å². The summed E-state index contributed by atoms with van der Waals surface area (Å²) in [5, 5.41) is 4.71.